The van der Waals surface area contributed by atoms with E-state index in [0.717, 1.165) is 7.05 Å². The van der Waals surface area contributed by atoms with E-state index in [-0.39, 0.29) is 16.1 Å². The second-order valence-corrected chi connectivity index (χ2v) is 8.30. The number of carbonyl (C=O) groups is 1. The molecule has 0 bridgehead atoms. The molecule has 1 aliphatic heterocycles. The summed E-state index contributed by atoms with van der Waals surface area (Å²) in [5.41, 5.74) is -0.0472. The van der Waals surface area contributed by atoms with Crippen molar-refractivity contribution >= 4 is 21.6 Å². The lowest BCUT2D eigenvalue weighted by Crippen LogP contribution is -2.35. The van der Waals surface area contributed by atoms with Crippen LogP contribution in [-0.4, -0.2) is 52.2 Å². The van der Waals surface area contributed by atoms with Crippen LogP contribution in [0.4, 0.5) is 18.9 Å². The Morgan fingerprint density at radius 1 is 1.10 bits per heavy atom. The number of ether oxygens (including phenoxy) is 2. The van der Waals surface area contributed by atoms with Gasteiger partial charge in [-0.1, -0.05) is 6.07 Å². The summed E-state index contributed by atoms with van der Waals surface area (Å²) in [6.07, 6.45) is -3.88. The van der Waals surface area contributed by atoms with Gasteiger partial charge in [-0.2, -0.15) is 13.2 Å². The fourth-order valence-corrected chi connectivity index (χ4v) is 3.87. The largest absolute Gasteiger partial charge is 0.490 e. The summed E-state index contributed by atoms with van der Waals surface area (Å²) in [4.78, 5) is 12.6. The molecule has 0 saturated heterocycles. The van der Waals surface area contributed by atoms with Gasteiger partial charge in [-0.25, -0.2) is 8.42 Å². The van der Waals surface area contributed by atoms with Crippen molar-refractivity contribution < 1.29 is 35.9 Å². The lowest BCUT2D eigenvalue weighted by Gasteiger charge is -2.19. The molecule has 7 nitrogen and oxygen atoms in total. The van der Waals surface area contributed by atoms with Crippen molar-refractivity contribution in [3.8, 4) is 11.5 Å². The number of nitrogens with zero attached hydrogens (tertiary/aromatic N) is 1. The van der Waals surface area contributed by atoms with Gasteiger partial charge in [-0.15, -0.1) is 0 Å². The zero-order valence-electron chi connectivity index (χ0n) is 15.9. The first-order valence-corrected chi connectivity index (χ1v) is 10.4. The van der Waals surface area contributed by atoms with Crippen LogP contribution < -0.4 is 14.2 Å². The molecular weight excluding hydrogens is 425 g/mol. The lowest BCUT2D eigenvalue weighted by atomic mass is 10.2. The topological polar surface area (TPSA) is 84.9 Å². The Kier molecular flexibility index (Phi) is 6.11. The summed E-state index contributed by atoms with van der Waals surface area (Å²) in [6.45, 7) is -0.570. The Balaban J connectivity index is 1.80. The van der Waals surface area contributed by atoms with E-state index in [1.807, 2.05) is 0 Å². The molecule has 0 unspecified atom stereocenters. The predicted octanol–water partition coefficient (Wildman–Crippen LogP) is 3.28. The maximum Gasteiger partial charge on any atom is 0.406 e. The van der Waals surface area contributed by atoms with Crippen molar-refractivity contribution in [3.05, 3.63) is 48.0 Å². The van der Waals surface area contributed by atoms with Crippen LogP contribution in [0.15, 0.2) is 47.4 Å². The third-order valence-corrected chi connectivity index (χ3v) is 5.53. The average Bonchev–Trinajstić information content (AvgIpc) is 2.90. The molecule has 0 aromatic heterocycles. The molecule has 11 heteroatoms. The van der Waals surface area contributed by atoms with Crippen LogP contribution in [0.3, 0.4) is 0 Å². The molecule has 0 saturated carbocycles. The van der Waals surface area contributed by atoms with Gasteiger partial charge in [-0.3, -0.25) is 9.52 Å². The third kappa shape index (κ3) is 5.35. The third-order valence-electron chi connectivity index (χ3n) is 4.15. The monoisotopic (exact) mass is 444 g/mol. The van der Waals surface area contributed by atoms with Gasteiger partial charge in [0.25, 0.3) is 15.9 Å². The number of sulfonamides is 1. The van der Waals surface area contributed by atoms with E-state index in [9.17, 15) is 26.4 Å². The first-order valence-electron chi connectivity index (χ1n) is 8.90. The van der Waals surface area contributed by atoms with Crippen molar-refractivity contribution in [2.75, 3.05) is 31.5 Å². The van der Waals surface area contributed by atoms with E-state index in [0.29, 0.717) is 36.0 Å². The number of hydrogen-bond acceptors (Lipinski definition) is 5. The van der Waals surface area contributed by atoms with Crippen LogP contribution in [0.5, 0.6) is 11.5 Å². The second-order valence-electron chi connectivity index (χ2n) is 6.62. The molecule has 162 valence electrons. The smallest absolute Gasteiger partial charge is 0.406 e. The number of halogens is 3. The van der Waals surface area contributed by atoms with Crippen LogP contribution in [0.25, 0.3) is 0 Å². The summed E-state index contributed by atoms with van der Waals surface area (Å²) < 4.78 is 76.3. The van der Waals surface area contributed by atoms with Gasteiger partial charge >= 0.3 is 6.18 Å². The summed E-state index contributed by atoms with van der Waals surface area (Å²) in [5.74, 6) is -0.149. The number of hydrogen-bond donors (Lipinski definition) is 1. The number of carbonyl (C=O) groups excluding carboxylic acids is 1. The van der Waals surface area contributed by atoms with Crippen LogP contribution in [0.2, 0.25) is 0 Å². The number of amides is 1. The highest BCUT2D eigenvalue weighted by molar-refractivity contribution is 7.92. The molecule has 2 aromatic rings. The van der Waals surface area contributed by atoms with Crippen LogP contribution >= 0.6 is 0 Å². The van der Waals surface area contributed by atoms with Gasteiger partial charge < -0.3 is 14.4 Å². The Bertz CT molecular complexity index is 1040. The molecule has 2 aromatic carbocycles. The maximum absolute atomic E-state index is 12.7. The van der Waals surface area contributed by atoms with Crippen LogP contribution in [-0.2, 0) is 10.0 Å². The second kappa shape index (κ2) is 8.42. The number of anilines is 1. The predicted molar refractivity (Wildman–Crippen MR) is 102 cm³/mol. The molecule has 0 aliphatic carbocycles. The summed E-state index contributed by atoms with van der Waals surface area (Å²) in [5, 5.41) is 0. The highest BCUT2D eigenvalue weighted by Crippen LogP contribution is 2.32. The zero-order chi connectivity index (χ0) is 21.9. The van der Waals surface area contributed by atoms with Crippen molar-refractivity contribution in [2.24, 2.45) is 0 Å². The van der Waals surface area contributed by atoms with E-state index >= 15 is 0 Å². The minimum atomic E-state index is -4.54. The Labute approximate surface area is 171 Å². The summed E-state index contributed by atoms with van der Waals surface area (Å²) in [6, 6.07) is 9.41. The van der Waals surface area contributed by atoms with Crippen molar-refractivity contribution in [2.45, 2.75) is 17.5 Å². The van der Waals surface area contributed by atoms with E-state index in [2.05, 4.69) is 4.72 Å². The Morgan fingerprint density at radius 2 is 1.80 bits per heavy atom. The number of rotatable bonds is 5. The summed E-state index contributed by atoms with van der Waals surface area (Å²) >= 11 is 0. The molecule has 0 spiro atoms. The fraction of sp³-hybridized carbons (Fsp3) is 0.316. The fourth-order valence-electron chi connectivity index (χ4n) is 2.80. The quantitative estimate of drug-likeness (QED) is 0.765. The van der Waals surface area contributed by atoms with Crippen molar-refractivity contribution in [1.82, 2.24) is 4.90 Å². The molecule has 30 heavy (non-hydrogen) atoms. The van der Waals surface area contributed by atoms with Gasteiger partial charge in [0.2, 0.25) is 0 Å². The van der Waals surface area contributed by atoms with Crippen molar-refractivity contribution in [3.63, 3.8) is 0 Å². The van der Waals surface area contributed by atoms with E-state index in [1.54, 1.807) is 0 Å². The van der Waals surface area contributed by atoms with Gasteiger partial charge in [0.05, 0.1) is 18.1 Å². The molecule has 0 fully saturated rings. The number of fused-ring (bicyclic) bond motifs is 1. The summed E-state index contributed by atoms with van der Waals surface area (Å²) in [7, 11) is -3.02. The van der Waals surface area contributed by atoms with Crippen LogP contribution in [0.1, 0.15) is 16.8 Å². The zero-order valence-corrected chi connectivity index (χ0v) is 16.7. The molecule has 1 aliphatic rings. The highest BCUT2D eigenvalue weighted by atomic mass is 32.2. The Morgan fingerprint density at radius 3 is 2.50 bits per heavy atom. The van der Waals surface area contributed by atoms with Gasteiger partial charge in [0.1, 0.15) is 6.54 Å². The minimum Gasteiger partial charge on any atom is -0.490 e. The SMILES string of the molecule is CN(CC(F)(F)F)C(=O)c1cccc(NS(=O)(=O)c2ccc3c(c2)OCCCO3)c1. The van der Waals surface area contributed by atoms with Crippen molar-refractivity contribution in [1.29, 1.82) is 0 Å². The first kappa shape index (κ1) is 21.8. The normalized spacial score (nSPS) is 14.0. The van der Waals surface area contributed by atoms with Gasteiger partial charge in [-0.05, 0) is 30.3 Å². The Hall–Kier alpha value is -2.95. The molecule has 1 heterocycles. The van der Waals surface area contributed by atoms with E-state index in [4.69, 9.17) is 9.47 Å². The van der Waals surface area contributed by atoms with E-state index in [1.165, 1.54) is 42.5 Å². The molecule has 1 amide bonds. The minimum absolute atomic E-state index is 0.0355. The average molecular weight is 444 g/mol. The number of alkyl halides is 3. The van der Waals surface area contributed by atoms with Gasteiger partial charge in [0, 0.05) is 30.8 Å². The highest BCUT2D eigenvalue weighted by Gasteiger charge is 2.31. The molecule has 0 atom stereocenters. The van der Waals surface area contributed by atoms with Crippen LogP contribution in [0, 0.1) is 0 Å². The van der Waals surface area contributed by atoms with Gasteiger partial charge in [0.15, 0.2) is 11.5 Å². The standard InChI is InChI=1S/C19H19F3N2O5S/c1-24(12-19(20,21)22)18(25)13-4-2-5-14(10-13)23-30(26,27)15-6-7-16-17(11-15)29-9-3-8-28-16/h2,4-7,10-11,23H,3,8-9,12H2,1H3. The first-order chi connectivity index (χ1) is 14.0. The van der Waals surface area contributed by atoms with E-state index < -0.39 is 28.7 Å². The molecule has 0 radical (unpaired) electrons. The molecule has 3 rings (SSSR count). The lowest BCUT2D eigenvalue weighted by molar-refractivity contribution is -0.138. The number of nitrogens with one attached hydrogen (secondary N) is 1. The number of benzene rings is 2. The molecule has 1 N–H and O–H groups in total. The molecular formula is C19H19F3N2O5S. The maximum atomic E-state index is 12.7.